The van der Waals surface area contributed by atoms with Gasteiger partial charge in [0.25, 0.3) is 0 Å². The normalized spacial score (nSPS) is 10.3. The molecular weight excluding hydrogens is 195 g/mol. The van der Waals surface area contributed by atoms with Crippen molar-refractivity contribution in [1.29, 1.82) is 0 Å². The highest BCUT2D eigenvalue weighted by Crippen LogP contribution is 2.19. The van der Waals surface area contributed by atoms with Crippen LogP contribution in [0.15, 0.2) is 35.4 Å². The summed E-state index contributed by atoms with van der Waals surface area (Å²) in [5.41, 5.74) is 1.57. The molecule has 0 amide bonds. The number of rotatable bonds is 1. The van der Waals surface area contributed by atoms with Gasteiger partial charge in [-0.05, 0) is 24.1 Å². The van der Waals surface area contributed by atoms with Crippen LogP contribution in [0.4, 0.5) is 4.39 Å². The summed E-state index contributed by atoms with van der Waals surface area (Å²) < 4.78 is 13.3. The third-order valence-corrected chi connectivity index (χ3v) is 2.18. The summed E-state index contributed by atoms with van der Waals surface area (Å²) in [5, 5.41) is 0. The molecule has 0 radical (unpaired) electrons. The molecule has 0 aliphatic heterocycles. The van der Waals surface area contributed by atoms with Gasteiger partial charge in [-0.3, -0.25) is 0 Å². The standard InChI is InChI=1S/C11H9FN2O/c1-7-2-3-8(4-10(7)12)9-5-13-11(15)14-6-9/h2-6H,1H3,(H,13,14,15). The number of hydrogen-bond acceptors (Lipinski definition) is 2. The SMILES string of the molecule is Cc1ccc(-c2cnc(=O)[nH]c2)cc1F. The van der Waals surface area contributed by atoms with Gasteiger partial charge in [-0.15, -0.1) is 0 Å². The highest BCUT2D eigenvalue weighted by atomic mass is 19.1. The molecule has 0 fully saturated rings. The van der Waals surface area contributed by atoms with Gasteiger partial charge < -0.3 is 4.98 Å². The summed E-state index contributed by atoms with van der Waals surface area (Å²) in [5.74, 6) is -0.265. The van der Waals surface area contributed by atoms with Crippen LogP contribution in [0, 0.1) is 12.7 Å². The van der Waals surface area contributed by atoms with E-state index in [1.165, 1.54) is 18.5 Å². The van der Waals surface area contributed by atoms with E-state index in [-0.39, 0.29) is 5.82 Å². The molecule has 0 spiro atoms. The molecule has 0 aliphatic carbocycles. The molecule has 4 heteroatoms. The van der Waals surface area contributed by atoms with E-state index in [0.717, 1.165) is 0 Å². The zero-order valence-electron chi connectivity index (χ0n) is 8.12. The van der Waals surface area contributed by atoms with E-state index in [1.54, 1.807) is 19.1 Å². The van der Waals surface area contributed by atoms with Crippen LogP contribution in [0.25, 0.3) is 11.1 Å². The second-order valence-corrected chi connectivity index (χ2v) is 3.27. The average Bonchev–Trinajstić information content (AvgIpc) is 2.23. The minimum absolute atomic E-state index is 0.265. The van der Waals surface area contributed by atoms with Crippen molar-refractivity contribution < 1.29 is 4.39 Å². The van der Waals surface area contributed by atoms with E-state index in [2.05, 4.69) is 9.97 Å². The van der Waals surface area contributed by atoms with E-state index in [4.69, 9.17) is 0 Å². The lowest BCUT2D eigenvalue weighted by Gasteiger charge is -2.02. The van der Waals surface area contributed by atoms with Gasteiger partial charge in [-0.1, -0.05) is 12.1 Å². The van der Waals surface area contributed by atoms with Gasteiger partial charge in [-0.25, -0.2) is 14.2 Å². The summed E-state index contributed by atoms with van der Waals surface area (Å²) in [6, 6.07) is 4.90. The van der Waals surface area contributed by atoms with Crippen molar-refractivity contribution in [3.63, 3.8) is 0 Å². The first-order chi connectivity index (χ1) is 7.16. The second-order valence-electron chi connectivity index (χ2n) is 3.27. The van der Waals surface area contributed by atoms with E-state index in [1.807, 2.05) is 0 Å². The van der Waals surface area contributed by atoms with Crippen LogP contribution in [0.5, 0.6) is 0 Å². The van der Waals surface area contributed by atoms with Gasteiger partial charge in [-0.2, -0.15) is 0 Å². The molecule has 2 aromatic rings. The molecule has 1 aromatic heterocycles. The molecule has 2 rings (SSSR count). The van der Waals surface area contributed by atoms with Crippen molar-refractivity contribution in [1.82, 2.24) is 9.97 Å². The third kappa shape index (κ3) is 1.93. The maximum atomic E-state index is 13.3. The van der Waals surface area contributed by atoms with Crippen molar-refractivity contribution in [3.8, 4) is 11.1 Å². The van der Waals surface area contributed by atoms with Crippen molar-refractivity contribution in [2.45, 2.75) is 6.92 Å². The van der Waals surface area contributed by atoms with Crippen molar-refractivity contribution in [3.05, 3.63) is 52.5 Å². The molecule has 3 nitrogen and oxygen atoms in total. The van der Waals surface area contributed by atoms with Crippen LogP contribution in [-0.2, 0) is 0 Å². The Balaban J connectivity index is 2.50. The Hall–Kier alpha value is -1.97. The number of hydrogen-bond donors (Lipinski definition) is 1. The first-order valence-corrected chi connectivity index (χ1v) is 4.48. The van der Waals surface area contributed by atoms with Crippen LogP contribution in [0.2, 0.25) is 0 Å². The van der Waals surface area contributed by atoms with E-state index in [0.29, 0.717) is 16.7 Å². The predicted molar refractivity (Wildman–Crippen MR) is 55.0 cm³/mol. The number of aromatic amines is 1. The highest BCUT2D eigenvalue weighted by Gasteiger charge is 2.02. The van der Waals surface area contributed by atoms with Crippen molar-refractivity contribution >= 4 is 0 Å². The molecule has 1 aromatic carbocycles. The summed E-state index contributed by atoms with van der Waals surface area (Å²) in [7, 11) is 0. The average molecular weight is 204 g/mol. The predicted octanol–water partition coefficient (Wildman–Crippen LogP) is 1.88. The zero-order chi connectivity index (χ0) is 10.8. The summed E-state index contributed by atoms with van der Waals surface area (Å²) in [4.78, 5) is 16.8. The van der Waals surface area contributed by atoms with Crippen LogP contribution >= 0.6 is 0 Å². The fraction of sp³-hybridized carbons (Fsp3) is 0.0909. The van der Waals surface area contributed by atoms with Gasteiger partial charge >= 0.3 is 5.69 Å². The first-order valence-electron chi connectivity index (χ1n) is 4.48. The molecule has 0 unspecified atom stereocenters. The lowest BCUT2D eigenvalue weighted by molar-refractivity contribution is 0.619. The third-order valence-electron chi connectivity index (χ3n) is 2.18. The molecular formula is C11H9FN2O. The Kier molecular flexibility index (Phi) is 2.33. The van der Waals surface area contributed by atoms with Gasteiger partial charge in [0.1, 0.15) is 5.82 Å². The summed E-state index contributed by atoms with van der Waals surface area (Å²) in [6.45, 7) is 1.70. The quantitative estimate of drug-likeness (QED) is 0.770. The van der Waals surface area contributed by atoms with Crippen LogP contribution < -0.4 is 5.69 Å². The Morgan fingerprint density at radius 2 is 2.13 bits per heavy atom. The number of aromatic nitrogens is 2. The smallest absolute Gasteiger partial charge is 0.312 e. The van der Waals surface area contributed by atoms with Gasteiger partial charge in [0.05, 0.1) is 0 Å². The largest absolute Gasteiger partial charge is 0.344 e. The lowest BCUT2D eigenvalue weighted by Crippen LogP contribution is -2.07. The summed E-state index contributed by atoms with van der Waals surface area (Å²) >= 11 is 0. The molecule has 0 saturated carbocycles. The van der Waals surface area contributed by atoms with Crippen molar-refractivity contribution in [2.75, 3.05) is 0 Å². The molecule has 15 heavy (non-hydrogen) atoms. The molecule has 0 aliphatic rings. The number of nitrogens with zero attached hydrogens (tertiary/aromatic N) is 1. The molecule has 0 saturated heterocycles. The van der Waals surface area contributed by atoms with Crippen molar-refractivity contribution in [2.24, 2.45) is 0 Å². The molecule has 0 bridgehead atoms. The number of nitrogens with one attached hydrogen (secondary N) is 1. The Morgan fingerprint density at radius 1 is 1.33 bits per heavy atom. The minimum atomic E-state index is -0.411. The second kappa shape index (κ2) is 3.65. The maximum Gasteiger partial charge on any atom is 0.344 e. The van der Waals surface area contributed by atoms with Gasteiger partial charge in [0, 0.05) is 18.0 Å². The molecule has 76 valence electrons. The molecule has 1 heterocycles. The molecule has 1 N–H and O–H groups in total. The minimum Gasteiger partial charge on any atom is -0.312 e. The maximum absolute atomic E-state index is 13.3. The highest BCUT2D eigenvalue weighted by molar-refractivity contribution is 5.61. The zero-order valence-corrected chi connectivity index (χ0v) is 8.12. The fourth-order valence-corrected chi connectivity index (χ4v) is 1.27. The van der Waals surface area contributed by atoms with E-state index >= 15 is 0 Å². The molecule has 0 atom stereocenters. The Labute approximate surface area is 85.6 Å². The number of halogens is 1. The Bertz CT molecular complexity index is 528. The topological polar surface area (TPSA) is 45.8 Å². The number of H-pyrrole nitrogens is 1. The van der Waals surface area contributed by atoms with E-state index < -0.39 is 5.69 Å². The Morgan fingerprint density at radius 3 is 2.73 bits per heavy atom. The van der Waals surface area contributed by atoms with Crippen LogP contribution in [-0.4, -0.2) is 9.97 Å². The van der Waals surface area contributed by atoms with Crippen LogP contribution in [0.1, 0.15) is 5.56 Å². The lowest BCUT2D eigenvalue weighted by atomic mass is 10.1. The van der Waals surface area contributed by atoms with Crippen LogP contribution in [0.3, 0.4) is 0 Å². The fourth-order valence-electron chi connectivity index (χ4n) is 1.27. The number of benzene rings is 1. The van der Waals surface area contributed by atoms with E-state index in [9.17, 15) is 9.18 Å². The first kappa shape index (κ1) is 9.58. The number of aryl methyl sites for hydroxylation is 1. The van der Waals surface area contributed by atoms with Gasteiger partial charge in [0.2, 0.25) is 0 Å². The summed E-state index contributed by atoms with van der Waals surface area (Å²) in [6.07, 6.45) is 2.93. The monoisotopic (exact) mass is 204 g/mol. The van der Waals surface area contributed by atoms with Gasteiger partial charge in [0.15, 0.2) is 0 Å².